The minimum atomic E-state index is -0.151. The van der Waals surface area contributed by atoms with Crippen molar-refractivity contribution in [2.45, 2.75) is 32.2 Å². The molecule has 0 fully saturated rings. The van der Waals surface area contributed by atoms with Crippen LogP contribution in [-0.2, 0) is 6.42 Å². The molecular formula is C14H23FN2. The SMILES string of the molecule is CC(N)CCCN(C)CCc1cccc(F)c1. The summed E-state index contributed by atoms with van der Waals surface area (Å²) in [5, 5.41) is 0. The summed E-state index contributed by atoms with van der Waals surface area (Å²) < 4.78 is 13.0. The zero-order valence-electron chi connectivity index (χ0n) is 10.8. The molecule has 0 saturated heterocycles. The van der Waals surface area contributed by atoms with Crippen LogP contribution < -0.4 is 5.73 Å². The number of hydrogen-bond acceptors (Lipinski definition) is 2. The number of nitrogens with zero attached hydrogens (tertiary/aromatic N) is 1. The molecule has 1 rings (SSSR count). The number of hydrogen-bond donors (Lipinski definition) is 1. The average Bonchev–Trinajstić information content (AvgIpc) is 2.26. The summed E-state index contributed by atoms with van der Waals surface area (Å²) in [5.74, 6) is -0.151. The van der Waals surface area contributed by atoms with Crippen LogP contribution in [-0.4, -0.2) is 31.1 Å². The van der Waals surface area contributed by atoms with Crippen molar-refractivity contribution in [2.24, 2.45) is 5.73 Å². The van der Waals surface area contributed by atoms with Crippen molar-refractivity contribution in [2.75, 3.05) is 20.1 Å². The monoisotopic (exact) mass is 238 g/mol. The average molecular weight is 238 g/mol. The van der Waals surface area contributed by atoms with E-state index in [9.17, 15) is 4.39 Å². The highest BCUT2D eigenvalue weighted by atomic mass is 19.1. The zero-order valence-corrected chi connectivity index (χ0v) is 10.8. The molecule has 0 saturated carbocycles. The van der Waals surface area contributed by atoms with Gasteiger partial charge in [0.1, 0.15) is 5.82 Å². The second-order valence-corrected chi connectivity index (χ2v) is 4.80. The number of halogens is 1. The maximum Gasteiger partial charge on any atom is 0.123 e. The molecule has 3 heteroatoms. The van der Waals surface area contributed by atoms with Crippen molar-refractivity contribution in [1.82, 2.24) is 4.90 Å². The molecule has 2 N–H and O–H groups in total. The first-order chi connectivity index (χ1) is 8.08. The molecule has 0 aliphatic heterocycles. The van der Waals surface area contributed by atoms with Crippen molar-refractivity contribution in [3.05, 3.63) is 35.6 Å². The van der Waals surface area contributed by atoms with Gasteiger partial charge in [0.2, 0.25) is 0 Å². The van der Waals surface area contributed by atoms with Crippen molar-refractivity contribution in [1.29, 1.82) is 0 Å². The first-order valence-corrected chi connectivity index (χ1v) is 6.26. The minimum absolute atomic E-state index is 0.151. The topological polar surface area (TPSA) is 29.3 Å². The Kier molecular flexibility index (Phi) is 6.16. The molecule has 0 radical (unpaired) electrons. The summed E-state index contributed by atoms with van der Waals surface area (Å²) in [6.45, 7) is 4.05. The molecule has 1 aromatic rings. The zero-order chi connectivity index (χ0) is 12.7. The molecule has 0 aromatic heterocycles. The van der Waals surface area contributed by atoms with Crippen LogP contribution in [0.25, 0.3) is 0 Å². The normalized spacial score (nSPS) is 13.0. The van der Waals surface area contributed by atoms with Gasteiger partial charge in [0.05, 0.1) is 0 Å². The summed E-state index contributed by atoms with van der Waals surface area (Å²) in [7, 11) is 2.10. The molecule has 1 atom stereocenters. The van der Waals surface area contributed by atoms with Crippen molar-refractivity contribution >= 4 is 0 Å². The molecular weight excluding hydrogens is 215 g/mol. The van der Waals surface area contributed by atoms with E-state index in [1.807, 2.05) is 13.0 Å². The molecule has 0 heterocycles. The fourth-order valence-corrected chi connectivity index (χ4v) is 1.81. The van der Waals surface area contributed by atoms with Crippen LogP contribution in [0.2, 0.25) is 0 Å². The fourth-order valence-electron chi connectivity index (χ4n) is 1.81. The molecule has 0 aliphatic rings. The molecule has 0 aliphatic carbocycles. The van der Waals surface area contributed by atoms with Crippen molar-refractivity contribution in [3.8, 4) is 0 Å². The second kappa shape index (κ2) is 7.41. The van der Waals surface area contributed by atoms with Crippen LogP contribution in [0.15, 0.2) is 24.3 Å². The van der Waals surface area contributed by atoms with E-state index in [2.05, 4.69) is 11.9 Å². The molecule has 0 bridgehead atoms. The van der Waals surface area contributed by atoms with Gasteiger partial charge in [-0.3, -0.25) is 0 Å². The van der Waals surface area contributed by atoms with E-state index in [0.29, 0.717) is 0 Å². The van der Waals surface area contributed by atoms with Crippen LogP contribution in [0, 0.1) is 5.82 Å². The minimum Gasteiger partial charge on any atom is -0.328 e. The Labute approximate surface area is 104 Å². The highest BCUT2D eigenvalue weighted by Gasteiger charge is 2.01. The third-order valence-corrected chi connectivity index (χ3v) is 2.87. The predicted octanol–water partition coefficient (Wildman–Crippen LogP) is 2.43. The number of nitrogens with two attached hydrogens (primary N) is 1. The number of rotatable bonds is 7. The third kappa shape index (κ3) is 6.39. The Hall–Kier alpha value is -0.930. The lowest BCUT2D eigenvalue weighted by Crippen LogP contribution is -2.24. The van der Waals surface area contributed by atoms with Crippen molar-refractivity contribution < 1.29 is 4.39 Å². The molecule has 0 spiro atoms. The van der Waals surface area contributed by atoms with Crippen LogP contribution in [0.3, 0.4) is 0 Å². The maximum absolute atomic E-state index is 13.0. The predicted molar refractivity (Wildman–Crippen MR) is 70.5 cm³/mol. The van der Waals surface area contributed by atoms with Gasteiger partial charge >= 0.3 is 0 Å². The van der Waals surface area contributed by atoms with Gasteiger partial charge in [-0.2, -0.15) is 0 Å². The summed E-state index contributed by atoms with van der Waals surface area (Å²) in [6, 6.07) is 7.11. The standard InChI is InChI=1S/C14H23FN2/c1-12(16)5-4-9-17(2)10-8-13-6-3-7-14(15)11-13/h3,6-7,11-12H,4-5,8-10,16H2,1-2H3. The largest absolute Gasteiger partial charge is 0.328 e. The number of likely N-dealkylation sites (N-methyl/N-ethyl adjacent to an activating group) is 1. The summed E-state index contributed by atoms with van der Waals surface area (Å²) in [4.78, 5) is 2.27. The quantitative estimate of drug-likeness (QED) is 0.790. The first kappa shape index (κ1) is 14.1. The summed E-state index contributed by atoms with van der Waals surface area (Å²) in [6.07, 6.45) is 3.08. The van der Waals surface area contributed by atoms with Gasteiger partial charge in [-0.1, -0.05) is 12.1 Å². The van der Waals surface area contributed by atoms with Crippen LogP contribution in [0.4, 0.5) is 4.39 Å². The molecule has 1 unspecified atom stereocenters. The fraction of sp³-hybridized carbons (Fsp3) is 0.571. The number of benzene rings is 1. The first-order valence-electron chi connectivity index (χ1n) is 6.26. The van der Waals surface area contributed by atoms with E-state index in [1.165, 1.54) is 6.07 Å². The highest BCUT2D eigenvalue weighted by molar-refractivity contribution is 5.16. The summed E-state index contributed by atoms with van der Waals surface area (Å²) in [5.41, 5.74) is 6.76. The van der Waals surface area contributed by atoms with E-state index in [0.717, 1.165) is 37.9 Å². The van der Waals surface area contributed by atoms with E-state index in [4.69, 9.17) is 5.73 Å². The smallest absolute Gasteiger partial charge is 0.123 e. The van der Waals surface area contributed by atoms with E-state index in [-0.39, 0.29) is 11.9 Å². The van der Waals surface area contributed by atoms with E-state index >= 15 is 0 Å². The highest BCUT2D eigenvalue weighted by Crippen LogP contribution is 2.05. The van der Waals surface area contributed by atoms with Crippen LogP contribution >= 0.6 is 0 Å². The van der Waals surface area contributed by atoms with Crippen molar-refractivity contribution in [3.63, 3.8) is 0 Å². The lowest BCUT2D eigenvalue weighted by atomic mass is 10.1. The van der Waals surface area contributed by atoms with Gasteiger partial charge in [-0.15, -0.1) is 0 Å². The van der Waals surface area contributed by atoms with Gasteiger partial charge in [-0.05, 0) is 57.5 Å². The Morgan fingerprint density at radius 2 is 2.12 bits per heavy atom. The lowest BCUT2D eigenvalue weighted by molar-refractivity contribution is 0.326. The van der Waals surface area contributed by atoms with E-state index in [1.54, 1.807) is 12.1 Å². The second-order valence-electron chi connectivity index (χ2n) is 4.80. The Morgan fingerprint density at radius 1 is 1.35 bits per heavy atom. The van der Waals surface area contributed by atoms with Gasteiger partial charge in [0.25, 0.3) is 0 Å². The Bertz CT molecular complexity index is 326. The molecule has 96 valence electrons. The van der Waals surface area contributed by atoms with Gasteiger partial charge in [0, 0.05) is 12.6 Å². The molecule has 0 amide bonds. The molecule has 17 heavy (non-hydrogen) atoms. The van der Waals surface area contributed by atoms with Crippen LogP contribution in [0.1, 0.15) is 25.3 Å². The third-order valence-electron chi connectivity index (χ3n) is 2.87. The molecule has 1 aromatic carbocycles. The van der Waals surface area contributed by atoms with Gasteiger partial charge < -0.3 is 10.6 Å². The van der Waals surface area contributed by atoms with Gasteiger partial charge in [0.15, 0.2) is 0 Å². The summed E-state index contributed by atoms with van der Waals surface area (Å²) >= 11 is 0. The van der Waals surface area contributed by atoms with Crippen LogP contribution in [0.5, 0.6) is 0 Å². The lowest BCUT2D eigenvalue weighted by Gasteiger charge is -2.17. The van der Waals surface area contributed by atoms with Gasteiger partial charge in [-0.25, -0.2) is 4.39 Å². The Morgan fingerprint density at radius 3 is 2.76 bits per heavy atom. The molecule has 2 nitrogen and oxygen atoms in total. The maximum atomic E-state index is 13.0. The van der Waals surface area contributed by atoms with E-state index < -0.39 is 0 Å². The Balaban J connectivity index is 2.21.